The van der Waals surface area contributed by atoms with Crippen LogP contribution in [-0.2, 0) is 4.74 Å². The van der Waals surface area contributed by atoms with Crippen molar-refractivity contribution in [3.05, 3.63) is 70.8 Å². The lowest BCUT2D eigenvalue weighted by Crippen LogP contribution is -2.26. The van der Waals surface area contributed by atoms with Crippen molar-refractivity contribution in [3.8, 4) is 11.5 Å². The molecule has 4 fully saturated rings. The zero-order valence-electron chi connectivity index (χ0n) is 38.2. The number of halogens is 4. The summed E-state index contributed by atoms with van der Waals surface area (Å²) < 4.78 is 78.3. The molecule has 340 valence electrons. The van der Waals surface area contributed by atoms with E-state index in [0.717, 1.165) is 86.2 Å². The van der Waals surface area contributed by atoms with Crippen LogP contribution in [-0.4, -0.2) is 27.4 Å². The van der Waals surface area contributed by atoms with Crippen LogP contribution in [0, 0.1) is 70.6 Å². The van der Waals surface area contributed by atoms with Gasteiger partial charge in [-0.25, -0.2) is 8.78 Å². The molecule has 3 nitrogen and oxygen atoms in total. The first-order valence-electron chi connectivity index (χ1n) is 24.8. The summed E-state index contributed by atoms with van der Waals surface area (Å²) in [5.74, 6) is 0.982. The fraction of sp³-hybridized carbons (Fsp3) is 0.704. The fourth-order valence-electron chi connectivity index (χ4n) is 12.2. The molecule has 7 heteroatoms. The third-order valence-electron chi connectivity index (χ3n) is 16.0. The SMILES string of the molecule is CCCCC[C@H]1CC[C@H]([C@H]2CC[C@H](C(=CCOCC=C(c3ccc(OC)c(F)c3F)[C@H]3CC[C@H]([C@H]4CC[C@H](CCCCC)CC4)CC3)c3ccc(OC)c(F)c3F)CC2)CC1. The second kappa shape index (κ2) is 24.3. The molecule has 2 aromatic carbocycles. The third kappa shape index (κ3) is 12.7. The van der Waals surface area contributed by atoms with Crippen LogP contribution in [0.15, 0.2) is 36.4 Å². The quantitative estimate of drug-likeness (QED) is 0.0981. The van der Waals surface area contributed by atoms with E-state index in [-0.39, 0.29) is 47.7 Å². The summed E-state index contributed by atoms with van der Waals surface area (Å²) in [7, 11) is 2.70. The summed E-state index contributed by atoms with van der Waals surface area (Å²) in [5, 5.41) is 0. The van der Waals surface area contributed by atoms with Crippen LogP contribution in [0.3, 0.4) is 0 Å². The molecular weight excluding hydrogens is 773 g/mol. The lowest BCUT2D eigenvalue weighted by molar-refractivity contribution is 0.152. The zero-order valence-corrected chi connectivity index (χ0v) is 38.2. The number of benzene rings is 2. The molecule has 0 saturated heterocycles. The van der Waals surface area contributed by atoms with Crippen molar-refractivity contribution in [2.75, 3.05) is 27.4 Å². The Morgan fingerprint density at radius 3 is 1.15 bits per heavy atom. The minimum absolute atomic E-state index is 0.0984. The number of ether oxygens (including phenoxy) is 3. The van der Waals surface area contributed by atoms with Crippen LogP contribution >= 0.6 is 0 Å². The van der Waals surface area contributed by atoms with Crippen LogP contribution in [0.4, 0.5) is 17.6 Å². The Bertz CT molecular complexity index is 1560. The van der Waals surface area contributed by atoms with Gasteiger partial charge in [0.1, 0.15) is 0 Å². The Morgan fingerprint density at radius 2 is 0.820 bits per heavy atom. The highest BCUT2D eigenvalue weighted by Crippen LogP contribution is 2.48. The van der Waals surface area contributed by atoms with Gasteiger partial charge in [-0.1, -0.05) is 103 Å². The van der Waals surface area contributed by atoms with Gasteiger partial charge in [0.15, 0.2) is 23.1 Å². The van der Waals surface area contributed by atoms with E-state index in [2.05, 4.69) is 13.8 Å². The standard InChI is InChI=1S/C54H78F4O3/c1-5-7-9-11-37-13-17-39(18-14-37)41-21-25-43(26-22-41)45(47-29-31-49(59-3)53(57)51(47)55)33-35-61-36-34-46(48-30-32-50(60-4)54(58)52(48)56)44-27-23-42(24-28-44)40-19-15-38(16-20-40)12-10-8-6-2/h29-34,37-44H,5-28,35-36H2,1-4H3/t37-,38-,39-,40-,41-,42-,43-,44-. The molecule has 4 saturated carbocycles. The Balaban J connectivity index is 1.11. The summed E-state index contributed by atoms with van der Waals surface area (Å²) in [5.41, 5.74) is 2.12. The van der Waals surface area contributed by atoms with Crippen molar-refractivity contribution < 1.29 is 31.8 Å². The van der Waals surface area contributed by atoms with Crippen molar-refractivity contribution in [1.29, 1.82) is 0 Å². The Morgan fingerprint density at radius 1 is 0.475 bits per heavy atom. The average Bonchev–Trinajstić information content (AvgIpc) is 3.29. The van der Waals surface area contributed by atoms with Crippen LogP contribution in [0.25, 0.3) is 11.1 Å². The molecule has 0 spiro atoms. The van der Waals surface area contributed by atoms with Crippen LogP contribution in [0.2, 0.25) is 0 Å². The summed E-state index contributed by atoms with van der Waals surface area (Å²) in [6.07, 6.45) is 33.5. The van der Waals surface area contributed by atoms with Crippen molar-refractivity contribution in [2.24, 2.45) is 47.3 Å². The largest absolute Gasteiger partial charge is 0.494 e. The molecule has 6 rings (SSSR count). The van der Waals surface area contributed by atoms with E-state index in [9.17, 15) is 0 Å². The van der Waals surface area contributed by atoms with Crippen LogP contribution in [0.1, 0.15) is 179 Å². The summed E-state index contributed by atoms with van der Waals surface area (Å²) in [6.45, 7) is 4.94. The highest BCUT2D eigenvalue weighted by atomic mass is 19.2. The number of hydrogen-bond acceptors (Lipinski definition) is 3. The number of hydrogen-bond donors (Lipinski definition) is 0. The molecule has 0 aromatic heterocycles. The lowest BCUT2D eigenvalue weighted by Gasteiger charge is -2.38. The highest BCUT2D eigenvalue weighted by Gasteiger charge is 2.35. The fourth-order valence-corrected chi connectivity index (χ4v) is 12.2. The molecule has 4 aliphatic rings. The molecule has 0 N–H and O–H groups in total. The lowest BCUT2D eigenvalue weighted by atomic mass is 9.67. The van der Waals surface area contributed by atoms with E-state index in [1.807, 2.05) is 12.2 Å². The van der Waals surface area contributed by atoms with Gasteiger partial charge in [0, 0.05) is 11.1 Å². The van der Waals surface area contributed by atoms with Gasteiger partial charge in [-0.05, 0) is 160 Å². The van der Waals surface area contributed by atoms with Gasteiger partial charge in [0.05, 0.1) is 27.4 Å². The molecule has 0 atom stereocenters. The molecular formula is C54H78F4O3. The maximum absolute atomic E-state index is 15.8. The van der Waals surface area contributed by atoms with Crippen molar-refractivity contribution in [2.45, 2.75) is 168 Å². The molecule has 0 radical (unpaired) electrons. The molecule has 0 aliphatic heterocycles. The minimum atomic E-state index is -0.970. The monoisotopic (exact) mass is 851 g/mol. The van der Waals surface area contributed by atoms with Crippen molar-refractivity contribution in [1.82, 2.24) is 0 Å². The third-order valence-corrected chi connectivity index (χ3v) is 16.0. The van der Waals surface area contributed by atoms with E-state index < -0.39 is 23.3 Å². The van der Waals surface area contributed by atoms with E-state index in [1.165, 1.54) is 129 Å². The van der Waals surface area contributed by atoms with Gasteiger partial charge in [0.2, 0.25) is 11.6 Å². The van der Waals surface area contributed by atoms with Crippen molar-refractivity contribution in [3.63, 3.8) is 0 Å². The van der Waals surface area contributed by atoms with Gasteiger partial charge < -0.3 is 14.2 Å². The molecule has 2 aromatic rings. The highest BCUT2D eigenvalue weighted by molar-refractivity contribution is 5.70. The first kappa shape index (κ1) is 47.7. The van der Waals surface area contributed by atoms with E-state index in [4.69, 9.17) is 14.2 Å². The zero-order chi connectivity index (χ0) is 43.1. The number of rotatable bonds is 20. The molecule has 0 heterocycles. The predicted octanol–water partition coefficient (Wildman–Crippen LogP) is 16.1. The Labute approximate surface area is 366 Å². The summed E-state index contributed by atoms with van der Waals surface area (Å²) in [6, 6.07) is 6.31. The predicted molar refractivity (Wildman–Crippen MR) is 243 cm³/mol. The maximum atomic E-state index is 15.8. The smallest absolute Gasteiger partial charge is 0.201 e. The average molecular weight is 851 g/mol. The second-order valence-electron chi connectivity index (χ2n) is 19.5. The number of allylic oxidation sites excluding steroid dienone is 2. The topological polar surface area (TPSA) is 27.7 Å². The normalized spacial score (nSPS) is 27.9. The van der Waals surface area contributed by atoms with E-state index in [0.29, 0.717) is 11.8 Å². The van der Waals surface area contributed by atoms with Crippen molar-refractivity contribution >= 4 is 11.1 Å². The molecule has 0 amide bonds. The van der Waals surface area contributed by atoms with Gasteiger partial charge in [-0.3, -0.25) is 0 Å². The molecule has 4 aliphatic carbocycles. The summed E-state index contributed by atoms with van der Waals surface area (Å²) in [4.78, 5) is 0. The first-order chi connectivity index (χ1) is 29.8. The minimum Gasteiger partial charge on any atom is -0.494 e. The molecule has 0 unspecified atom stereocenters. The van der Waals surface area contributed by atoms with Crippen LogP contribution < -0.4 is 9.47 Å². The van der Waals surface area contributed by atoms with Crippen LogP contribution in [0.5, 0.6) is 11.5 Å². The maximum Gasteiger partial charge on any atom is 0.201 e. The van der Waals surface area contributed by atoms with Gasteiger partial charge in [0.25, 0.3) is 0 Å². The number of unbranched alkanes of at least 4 members (excludes halogenated alkanes) is 4. The second-order valence-corrected chi connectivity index (χ2v) is 19.5. The van der Waals surface area contributed by atoms with Gasteiger partial charge in [-0.15, -0.1) is 0 Å². The van der Waals surface area contributed by atoms with Gasteiger partial charge in [-0.2, -0.15) is 8.78 Å². The molecule has 0 bridgehead atoms. The first-order valence-corrected chi connectivity index (χ1v) is 24.8. The Hall–Kier alpha value is -2.80. The molecule has 61 heavy (non-hydrogen) atoms. The summed E-state index contributed by atoms with van der Waals surface area (Å²) >= 11 is 0. The Kier molecular flexibility index (Phi) is 19.0. The van der Waals surface area contributed by atoms with E-state index in [1.54, 1.807) is 12.1 Å². The van der Waals surface area contributed by atoms with Gasteiger partial charge >= 0.3 is 0 Å². The number of methoxy groups -OCH3 is 2. The van der Waals surface area contributed by atoms with E-state index >= 15 is 17.6 Å².